The number of likely N-dealkylation sites (N-methyl/N-ethyl adjacent to an activating group) is 1. The van der Waals surface area contributed by atoms with Gasteiger partial charge in [-0.2, -0.15) is 0 Å². The Morgan fingerprint density at radius 2 is 2.05 bits per heavy atom. The first kappa shape index (κ1) is 15.0. The maximum atomic E-state index is 11.5. The number of ether oxygens (including phenoxy) is 2. The average Bonchev–Trinajstić information content (AvgIpc) is 2.47. The summed E-state index contributed by atoms with van der Waals surface area (Å²) in [6, 6.07) is 5.89. The number of fused-ring (bicyclic) bond motifs is 1. The van der Waals surface area contributed by atoms with E-state index in [1.54, 1.807) is 11.8 Å². The van der Waals surface area contributed by atoms with E-state index in [0.717, 1.165) is 28.7 Å². The molecule has 1 aromatic rings. The van der Waals surface area contributed by atoms with Crippen molar-refractivity contribution < 1.29 is 14.3 Å². The van der Waals surface area contributed by atoms with Crippen molar-refractivity contribution in [1.29, 1.82) is 0 Å². The van der Waals surface area contributed by atoms with Gasteiger partial charge in [-0.3, -0.25) is 4.79 Å². The van der Waals surface area contributed by atoms with Crippen molar-refractivity contribution in [3.63, 3.8) is 0 Å². The van der Waals surface area contributed by atoms with Gasteiger partial charge in [0.15, 0.2) is 11.5 Å². The molecule has 20 heavy (non-hydrogen) atoms. The van der Waals surface area contributed by atoms with Crippen molar-refractivity contribution in [3.8, 4) is 11.5 Å². The maximum absolute atomic E-state index is 11.5. The molecule has 0 saturated carbocycles. The second kappa shape index (κ2) is 8.01. The molecule has 1 heterocycles. The highest BCUT2D eigenvalue weighted by Crippen LogP contribution is 2.34. The molecule has 1 aliphatic heterocycles. The van der Waals surface area contributed by atoms with Crippen LogP contribution in [0.2, 0.25) is 0 Å². The third-order valence-electron chi connectivity index (χ3n) is 2.81. The lowest BCUT2D eigenvalue weighted by Crippen LogP contribution is -2.30. The van der Waals surface area contributed by atoms with Gasteiger partial charge >= 0.3 is 0 Å². The summed E-state index contributed by atoms with van der Waals surface area (Å²) in [6.45, 7) is 2.66. The molecule has 0 aliphatic carbocycles. The van der Waals surface area contributed by atoms with Crippen LogP contribution in [0.4, 0.5) is 0 Å². The van der Waals surface area contributed by atoms with Crippen molar-refractivity contribution in [1.82, 2.24) is 10.6 Å². The van der Waals surface area contributed by atoms with Crippen molar-refractivity contribution >= 4 is 17.7 Å². The molecule has 1 aromatic carbocycles. The summed E-state index contributed by atoms with van der Waals surface area (Å²) in [4.78, 5) is 12.6. The Labute approximate surface area is 123 Å². The van der Waals surface area contributed by atoms with Crippen LogP contribution < -0.4 is 20.1 Å². The summed E-state index contributed by atoms with van der Waals surface area (Å²) >= 11 is 1.65. The number of rotatable bonds is 7. The fraction of sp³-hybridized carbons (Fsp3) is 0.500. The Hall–Kier alpha value is -1.40. The highest BCUT2D eigenvalue weighted by Gasteiger charge is 2.11. The van der Waals surface area contributed by atoms with Crippen molar-refractivity contribution in [2.45, 2.75) is 11.3 Å². The highest BCUT2D eigenvalue weighted by molar-refractivity contribution is 7.99. The van der Waals surface area contributed by atoms with E-state index in [9.17, 15) is 4.79 Å². The zero-order valence-corrected chi connectivity index (χ0v) is 12.4. The molecule has 6 heteroatoms. The normalized spacial score (nSPS) is 13.1. The van der Waals surface area contributed by atoms with Crippen LogP contribution in [-0.4, -0.2) is 45.0 Å². The van der Waals surface area contributed by atoms with Crippen LogP contribution in [0.5, 0.6) is 11.5 Å². The smallest absolute Gasteiger partial charge is 0.220 e. The van der Waals surface area contributed by atoms with Crippen LogP contribution in [0.3, 0.4) is 0 Å². The zero-order chi connectivity index (χ0) is 14.2. The molecule has 0 saturated heterocycles. The van der Waals surface area contributed by atoms with Gasteiger partial charge in [0.1, 0.15) is 13.2 Å². The topological polar surface area (TPSA) is 59.6 Å². The Kier molecular flexibility index (Phi) is 6.01. The van der Waals surface area contributed by atoms with Crippen LogP contribution in [0, 0.1) is 0 Å². The highest BCUT2D eigenvalue weighted by atomic mass is 32.2. The van der Waals surface area contributed by atoms with E-state index in [4.69, 9.17) is 9.47 Å². The summed E-state index contributed by atoms with van der Waals surface area (Å²) in [6.07, 6.45) is 0.517. The average molecular weight is 296 g/mol. The molecule has 2 rings (SSSR count). The molecule has 0 aromatic heterocycles. The lowest BCUT2D eigenvalue weighted by Gasteiger charge is -2.18. The van der Waals surface area contributed by atoms with Crippen molar-refractivity contribution in [2.24, 2.45) is 0 Å². The molecular formula is C14H20N2O3S. The third kappa shape index (κ3) is 4.61. The Bertz CT molecular complexity index is 454. The molecule has 0 radical (unpaired) electrons. The standard InChI is InChI=1S/C14H20N2O3S/c1-15-5-6-16-14(17)4-9-20-11-2-3-12-13(10-11)19-8-7-18-12/h2-3,10,15H,4-9H2,1H3,(H,16,17). The molecule has 0 atom stereocenters. The minimum atomic E-state index is 0.0882. The summed E-state index contributed by atoms with van der Waals surface area (Å²) in [5, 5.41) is 5.85. The molecule has 2 N–H and O–H groups in total. The second-order valence-corrected chi connectivity index (χ2v) is 5.53. The quantitative estimate of drug-likeness (QED) is 0.586. The van der Waals surface area contributed by atoms with Gasteiger partial charge in [-0.1, -0.05) is 0 Å². The molecule has 0 unspecified atom stereocenters. The molecule has 1 aliphatic rings. The lowest BCUT2D eigenvalue weighted by atomic mass is 10.3. The van der Waals surface area contributed by atoms with Gasteiger partial charge in [0.05, 0.1) is 0 Å². The minimum Gasteiger partial charge on any atom is -0.486 e. The fourth-order valence-corrected chi connectivity index (χ4v) is 2.67. The van der Waals surface area contributed by atoms with E-state index in [0.29, 0.717) is 26.2 Å². The number of amides is 1. The number of nitrogens with one attached hydrogen (secondary N) is 2. The Morgan fingerprint density at radius 3 is 2.85 bits per heavy atom. The summed E-state index contributed by atoms with van der Waals surface area (Å²) in [7, 11) is 1.86. The maximum Gasteiger partial charge on any atom is 0.220 e. The molecule has 5 nitrogen and oxygen atoms in total. The molecule has 0 bridgehead atoms. The molecule has 0 fully saturated rings. The van der Waals surface area contributed by atoms with Gasteiger partial charge in [-0.15, -0.1) is 11.8 Å². The largest absolute Gasteiger partial charge is 0.486 e. The second-order valence-electron chi connectivity index (χ2n) is 4.36. The monoisotopic (exact) mass is 296 g/mol. The first-order valence-electron chi connectivity index (χ1n) is 6.73. The van der Waals surface area contributed by atoms with Crippen LogP contribution in [0.15, 0.2) is 23.1 Å². The zero-order valence-electron chi connectivity index (χ0n) is 11.6. The van der Waals surface area contributed by atoms with Crippen LogP contribution >= 0.6 is 11.8 Å². The van der Waals surface area contributed by atoms with E-state index in [1.165, 1.54) is 0 Å². The van der Waals surface area contributed by atoms with E-state index < -0.39 is 0 Å². The minimum absolute atomic E-state index is 0.0882. The lowest BCUT2D eigenvalue weighted by molar-refractivity contribution is -0.120. The Morgan fingerprint density at radius 1 is 1.25 bits per heavy atom. The van der Waals surface area contributed by atoms with Gasteiger partial charge in [0, 0.05) is 30.2 Å². The van der Waals surface area contributed by atoms with E-state index in [2.05, 4.69) is 10.6 Å². The first-order valence-corrected chi connectivity index (χ1v) is 7.72. The number of benzene rings is 1. The molecule has 0 spiro atoms. The predicted octanol–water partition coefficient (Wildman–Crippen LogP) is 1.28. The van der Waals surface area contributed by atoms with Gasteiger partial charge < -0.3 is 20.1 Å². The Balaban J connectivity index is 1.72. The van der Waals surface area contributed by atoms with Gasteiger partial charge in [-0.25, -0.2) is 0 Å². The number of carbonyl (C=O) groups excluding carboxylic acids is 1. The van der Waals surface area contributed by atoms with E-state index >= 15 is 0 Å². The SMILES string of the molecule is CNCCNC(=O)CCSc1ccc2c(c1)OCCO2. The predicted molar refractivity (Wildman–Crippen MR) is 79.7 cm³/mol. The molecule has 1 amide bonds. The van der Waals surface area contributed by atoms with Gasteiger partial charge in [0.2, 0.25) is 5.91 Å². The molecular weight excluding hydrogens is 276 g/mol. The number of carbonyl (C=O) groups is 1. The van der Waals surface area contributed by atoms with Crippen molar-refractivity contribution in [2.75, 3.05) is 39.1 Å². The first-order chi connectivity index (χ1) is 9.79. The number of hydrogen-bond acceptors (Lipinski definition) is 5. The van der Waals surface area contributed by atoms with E-state index in [1.807, 2.05) is 25.2 Å². The number of hydrogen-bond donors (Lipinski definition) is 2. The van der Waals surface area contributed by atoms with E-state index in [-0.39, 0.29) is 5.91 Å². The summed E-state index contributed by atoms with van der Waals surface area (Å²) < 4.78 is 11.0. The third-order valence-corrected chi connectivity index (χ3v) is 3.80. The number of thioether (sulfide) groups is 1. The van der Waals surface area contributed by atoms with Gasteiger partial charge in [0.25, 0.3) is 0 Å². The molecule has 110 valence electrons. The van der Waals surface area contributed by atoms with Crippen LogP contribution in [-0.2, 0) is 4.79 Å². The van der Waals surface area contributed by atoms with Gasteiger partial charge in [-0.05, 0) is 25.2 Å². The summed E-state index contributed by atoms with van der Waals surface area (Å²) in [5.41, 5.74) is 0. The van der Waals surface area contributed by atoms with Crippen LogP contribution in [0.25, 0.3) is 0 Å². The fourth-order valence-electron chi connectivity index (χ4n) is 1.79. The van der Waals surface area contributed by atoms with Crippen LogP contribution in [0.1, 0.15) is 6.42 Å². The summed E-state index contributed by atoms with van der Waals surface area (Å²) in [5.74, 6) is 2.43. The van der Waals surface area contributed by atoms with Crippen molar-refractivity contribution in [3.05, 3.63) is 18.2 Å².